The number of piperazine rings is 1. The summed E-state index contributed by atoms with van der Waals surface area (Å²) in [6.45, 7) is 0.729. The molecule has 1 aromatic rings. The first kappa shape index (κ1) is 13.2. The molecular weight excluding hydrogens is 248 g/mol. The Balaban J connectivity index is 2.09. The molecule has 6 heteroatoms. The molecular formula is C13H16N2O4. The van der Waals surface area contributed by atoms with Gasteiger partial charge in [-0.1, -0.05) is 0 Å². The summed E-state index contributed by atoms with van der Waals surface area (Å²) in [6.07, 6.45) is -0.0710. The van der Waals surface area contributed by atoms with Crippen LogP contribution in [0.4, 0.5) is 5.69 Å². The summed E-state index contributed by atoms with van der Waals surface area (Å²) in [4.78, 5) is 24.2. The molecule has 1 aromatic carbocycles. The highest BCUT2D eigenvalue weighted by atomic mass is 16.5. The zero-order chi connectivity index (χ0) is 13.8. The molecule has 0 aromatic heterocycles. The van der Waals surface area contributed by atoms with Crippen molar-refractivity contribution in [1.29, 1.82) is 0 Å². The molecule has 19 heavy (non-hydrogen) atoms. The number of methoxy groups -OCH3 is 1. The second-order valence-corrected chi connectivity index (χ2v) is 4.44. The first-order valence-corrected chi connectivity index (χ1v) is 5.98. The molecule has 102 valence electrons. The Morgan fingerprint density at radius 2 is 2.16 bits per heavy atom. The van der Waals surface area contributed by atoms with Gasteiger partial charge in [-0.25, -0.2) is 0 Å². The number of carboxylic acids is 1. The molecule has 1 unspecified atom stereocenters. The van der Waals surface area contributed by atoms with Crippen molar-refractivity contribution in [1.82, 2.24) is 5.32 Å². The monoisotopic (exact) mass is 264 g/mol. The molecule has 6 nitrogen and oxygen atoms in total. The SMILES string of the molecule is COc1ccc(N2CC(=O)NC(CC(=O)O)C2)cc1. The van der Waals surface area contributed by atoms with Gasteiger partial charge >= 0.3 is 5.97 Å². The number of anilines is 1. The normalized spacial score (nSPS) is 18.9. The van der Waals surface area contributed by atoms with E-state index in [0.29, 0.717) is 6.54 Å². The van der Waals surface area contributed by atoms with Gasteiger partial charge in [0.15, 0.2) is 0 Å². The van der Waals surface area contributed by atoms with Gasteiger partial charge in [0.1, 0.15) is 5.75 Å². The largest absolute Gasteiger partial charge is 0.497 e. The Morgan fingerprint density at radius 3 is 2.74 bits per heavy atom. The number of nitrogens with zero attached hydrogens (tertiary/aromatic N) is 1. The van der Waals surface area contributed by atoms with Crippen LogP contribution in [0.5, 0.6) is 5.75 Å². The van der Waals surface area contributed by atoms with Crippen LogP contribution in [0.1, 0.15) is 6.42 Å². The summed E-state index contributed by atoms with van der Waals surface area (Å²) in [6, 6.07) is 6.98. The van der Waals surface area contributed by atoms with Crippen molar-refractivity contribution in [2.45, 2.75) is 12.5 Å². The maximum absolute atomic E-state index is 11.6. The van der Waals surface area contributed by atoms with E-state index in [1.54, 1.807) is 7.11 Å². The lowest BCUT2D eigenvalue weighted by Crippen LogP contribution is -2.54. The van der Waals surface area contributed by atoms with Gasteiger partial charge in [0.2, 0.25) is 5.91 Å². The molecule has 1 aliphatic heterocycles. The van der Waals surface area contributed by atoms with Gasteiger partial charge in [-0.15, -0.1) is 0 Å². The zero-order valence-electron chi connectivity index (χ0n) is 10.6. The fourth-order valence-electron chi connectivity index (χ4n) is 2.14. The Bertz CT molecular complexity index is 470. The number of carbonyl (C=O) groups excluding carboxylic acids is 1. The van der Waals surface area contributed by atoms with Crippen molar-refractivity contribution in [3.05, 3.63) is 24.3 Å². The maximum Gasteiger partial charge on any atom is 0.305 e. The average molecular weight is 264 g/mol. The lowest BCUT2D eigenvalue weighted by Gasteiger charge is -2.34. The second kappa shape index (κ2) is 5.60. The third-order valence-electron chi connectivity index (χ3n) is 3.00. The smallest absolute Gasteiger partial charge is 0.305 e. The van der Waals surface area contributed by atoms with E-state index in [-0.39, 0.29) is 24.9 Å². The van der Waals surface area contributed by atoms with E-state index >= 15 is 0 Å². The predicted molar refractivity (Wildman–Crippen MR) is 69.4 cm³/mol. The van der Waals surface area contributed by atoms with E-state index in [9.17, 15) is 9.59 Å². The van der Waals surface area contributed by atoms with Crippen LogP contribution in [-0.2, 0) is 9.59 Å². The maximum atomic E-state index is 11.6. The summed E-state index contributed by atoms with van der Waals surface area (Å²) in [7, 11) is 1.59. The zero-order valence-corrected chi connectivity index (χ0v) is 10.6. The van der Waals surface area contributed by atoms with Gasteiger partial charge < -0.3 is 20.1 Å². The fraction of sp³-hybridized carbons (Fsp3) is 0.385. The first-order valence-electron chi connectivity index (χ1n) is 5.98. The Morgan fingerprint density at radius 1 is 1.47 bits per heavy atom. The number of carbonyl (C=O) groups is 2. The van der Waals surface area contributed by atoms with Crippen LogP contribution in [0.25, 0.3) is 0 Å². The van der Waals surface area contributed by atoms with Crippen LogP contribution < -0.4 is 15.0 Å². The van der Waals surface area contributed by atoms with Crippen molar-refractivity contribution in [3.8, 4) is 5.75 Å². The molecule has 1 saturated heterocycles. The van der Waals surface area contributed by atoms with Crippen molar-refractivity contribution < 1.29 is 19.4 Å². The molecule has 2 rings (SSSR count). The number of carboxylic acid groups (broad SMARTS) is 1. The lowest BCUT2D eigenvalue weighted by atomic mass is 10.1. The highest BCUT2D eigenvalue weighted by Gasteiger charge is 2.26. The van der Waals surface area contributed by atoms with Crippen molar-refractivity contribution in [3.63, 3.8) is 0 Å². The summed E-state index contributed by atoms with van der Waals surface area (Å²) in [5, 5.41) is 11.5. The molecule has 0 spiro atoms. The van der Waals surface area contributed by atoms with Crippen LogP contribution >= 0.6 is 0 Å². The molecule has 2 N–H and O–H groups in total. The molecule has 1 fully saturated rings. The number of ether oxygens (including phenoxy) is 1. The second-order valence-electron chi connectivity index (χ2n) is 4.44. The van der Waals surface area contributed by atoms with Gasteiger partial charge in [0.25, 0.3) is 0 Å². The van der Waals surface area contributed by atoms with Crippen LogP contribution in [0.2, 0.25) is 0 Å². The topological polar surface area (TPSA) is 78.9 Å². The minimum Gasteiger partial charge on any atom is -0.497 e. The van der Waals surface area contributed by atoms with E-state index in [2.05, 4.69) is 5.32 Å². The van der Waals surface area contributed by atoms with Gasteiger partial charge in [0.05, 0.1) is 26.1 Å². The molecule has 1 atom stereocenters. The van der Waals surface area contributed by atoms with Gasteiger partial charge in [0, 0.05) is 12.2 Å². The van der Waals surface area contributed by atoms with E-state index in [0.717, 1.165) is 11.4 Å². The standard InChI is InChI=1S/C13H16N2O4/c1-19-11-4-2-10(3-5-11)15-7-9(6-13(17)18)14-12(16)8-15/h2-5,9H,6-8H2,1H3,(H,14,16)(H,17,18). The molecule has 0 saturated carbocycles. The average Bonchev–Trinajstić information content (AvgIpc) is 2.37. The van der Waals surface area contributed by atoms with Crippen LogP contribution in [0, 0.1) is 0 Å². The summed E-state index contributed by atoms with van der Waals surface area (Å²) in [5.74, 6) is -0.331. The predicted octanol–water partition coefficient (Wildman–Crippen LogP) is 0.475. The molecule has 0 radical (unpaired) electrons. The van der Waals surface area contributed by atoms with Gasteiger partial charge in [-0.2, -0.15) is 0 Å². The highest BCUT2D eigenvalue weighted by molar-refractivity contribution is 5.84. The third kappa shape index (κ3) is 3.37. The van der Waals surface area contributed by atoms with E-state index in [4.69, 9.17) is 9.84 Å². The van der Waals surface area contributed by atoms with Crippen LogP contribution in [-0.4, -0.2) is 43.2 Å². The van der Waals surface area contributed by atoms with E-state index in [1.807, 2.05) is 29.2 Å². The number of nitrogens with one attached hydrogen (secondary N) is 1. The number of aliphatic carboxylic acids is 1. The molecule has 0 bridgehead atoms. The van der Waals surface area contributed by atoms with E-state index < -0.39 is 5.97 Å². The Kier molecular flexibility index (Phi) is 3.89. The van der Waals surface area contributed by atoms with Gasteiger partial charge in [-0.05, 0) is 24.3 Å². The highest BCUT2D eigenvalue weighted by Crippen LogP contribution is 2.20. The molecule has 0 aliphatic carbocycles. The number of hydrogen-bond donors (Lipinski definition) is 2. The van der Waals surface area contributed by atoms with Gasteiger partial charge in [-0.3, -0.25) is 9.59 Å². The number of hydrogen-bond acceptors (Lipinski definition) is 4. The minimum atomic E-state index is -0.915. The van der Waals surface area contributed by atoms with Crippen molar-refractivity contribution in [2.75, 3.05) is 25.1 Å². The fourth-order valence-corrected chi connectivity index (χ4v) is 2.14. The van der Waals surface area contributed by atoms with E-state index in [1.165, 1.54) is 0 Å². The van der Waals surface area contributed by atoms with Crippen LogP contribution in [0.3, 0.4) is 0 Å². The third-order valence-corrected chi connectivity index (χ3v) is 3.00. The summed E-state index contributed by atoms with van der Waals surface area (Å²) in [5.41, 5.74) is 0.881. The molecule has 1 heterocycles. The molecule has 1 aliphatic rings. The Labute approximate surface area is 111 Å². The lowest BCUT2D eigenvalue weighted by molar-refractivity contribution is -0.137. The number of rotatable bonds is 4. The van der Waals surface area contributed by atoms with Crippen molar-refractivity contribution >= 4 is 17.6 Å². The summed E-state index contributed by atoms with van der Waals surface area (Å²) < 4.78 is 5.08. The van der Waals surface area contributed by atoms with Crippen molar-refractivity contribution in [2.24, 2.45) is 0 Å². The number of amides is 1. The first-order chi connectivity index (χ1) is 9.08. The quantitative estimate of drug-likeness (QED) is 0.826. The number of benzene rings is 1. The van der Waals surface area contributed by atoms with Crippen LogP contribution in [0.15, 0.2) is 24.3 Å². The minimum absolute atomic E-state index is 0.0710. The summed E-state index contributed by atoms with van der Waals surface area (Å²) >= 11 is 0. The molecule has 1 amide bonds. The Hall–Kier alpha value is -2.24.